The predicted octanol–water partition coefficient (Wildman–Crippen LogP) is 4.42. The summed E-state index contributed by atoms with van der Waals surface area (Å²) in [6.45, 7) is 0. The van der Waals surface area contributed by atoms with Gasteiger partial charge in [0.25, 0.3) is 0 Å². The number of nitrogens with zero attached hydrogens (tertiary/aromatic N) is 2. The summed E-state index contributed by atoms with van der Waals surface area (Å²) in [6, 6.07) is 13.7. The molecule has 0 radical (unpaired) electrons. The van der Waals surface area contributed by atoms with Crippen molar-refractivity contribution in [2.24, 2.45) is 0 Å². The molecular formula is C13H8BrClN2. The van der Waals surface area contributed by atoms with Crippen LogP contribution in [0.5, 0.6) is 0 Å². The standard InChI is InChI=1S/C13H8BrClN2/c14-12-11-3-1-2-8-17(11)13(16-12)9-4-6-10(15)7-5-9/h1-8H. The van der Waals surface area contributed by atoms with Gasteiger partial charge in [0.1, 0.15) is 10.4 Å². The van der Waals surface area contributed by atoms with Gasteiger partial charge in [0, 0.05) is 16.8 Å². The predicted molar refractivity (Wildman–Crippen MR) is 73.3 cm³/mol. The molecule has 0 amide bonds. The van der Waals surface area contributed by atoms with Crippen molar-refractivity contribution in [3.8, 4) is 11.4 Å². The molecular weight excluding hydrogens is 300 g/mol. The molecule has 3 aromatic rings. The Kier molecular flexibility index (Phi) is 2.65. The first-order valence-electron chi connectivity index (χ1n) is 5.14. The van der Waals surface area contributed by atoms with E-state index < -0.39 is 0 Å². The lowest BCUT2D eigenvalue weighted by Gasteiger charge is -2.00. The van der Waals surface area contributed by atoms with Crippen LogP contribution in [0.2, 0.25) is 5.02 Å². The molecule has 0 spiro atoms. The van der Waals surface area contributed by atoms with Crippen molar-refractivity contribution in [1.29, 1.82) is 0 Å². The summed E-state index contributed by atoms with van der Waals surface area (Å²) in [6.07, 6.45) is 2.00. The first kappa shape index (κ1) is 10.8. The second-order valence-electron chi connectivity index (χ2n) is 3.69. The molecule has 0 aliphatic heterocycles. The molecule has 0 aliphatic carbocycles. The third kappa shape index (κ3) is 1.85. The Bertz CT molecular complexity index is 673. The second kappa shape index (κ2) is 4.17. The molecule has 2 aromatic heterocycles. The number of aromatic nitrogens is 2. The van der Waals surface area contributed by atoms with E-state index in [0.717, 1.165) is 26.5 Å². The van der Waals surface area contributed by atoms with Crippen LogP contribution in [-0.4, -0.2) is 9.38 Å². The quantitative estimate of drug-likeness (QED) is 0.650. The van der Waals surface area contributed by atoms with Crippen LogP contribution < -0.4 is 0 Å². The van der Waals surface area contributed by atoms with E-state index in [1.165, 1.54) is 0 Å². The van der Waals surface area contributed by atoms with Gasteiger partial charge < -0.3 is 0 Å². The van der Waals surface area contributed by atoms with Crippen LogP contribution in [0.25, 0.3) is 16.9 Å². The molecule has 0 fully saturated rings. The fourth-order valence-corrected chi connectivity index (χ4v) is 2.42. The van der Waals surface area contributed by atoms with Crippen molar-refractivity contribution in [1.82, 2.24) is 9.38 Å². The van der Waals surface area contributed by atoms with E-state index in [1.807, 2.05) is 53.1 Å². The Balaban J connectivity index is 2.27. The third-order valence-electron chi connectivity index (χ3n) is 2.61. The highest BCUT2D eigenvalue weighted by molar-refractivity contribution is 9.10. The van der Waals surface area contributed by atoms with Crippen LogP contribution in [-0.2, 0) is 0 Å². The number of rotatable bonds is 1. The zero-order chi connectivity index (χ0) is 11.8. The first-order valence-corrected chi connectivity index (χ1v) is 6.31. The van der Waals surface area contributed by atoms with Gasteiger partial charge in [-0.3, -0.25) is 4.40 Å². The van der Waals surface area contributed by atoms with Crippen molar-refractivity contribution in [2.75, 3.05) is 0 Å². The maximum absolute atomic E-state index is 5.89. The highest BCUT2D eigenvalue weighted by Gasteiger charge is 2.09. The van der Waals surface area contributed by atoms with E-state index in [0.29, 0.717) is 0 Å². The van der Waals surface area contributed by atoms with Crippen LogP contribution in [0.1, 0.15) is 0 Å². The highest BCUT2D eigenvalue weighted by atomic mass is 79.9. The van der Waals surface area contributed by atoms with Crippen LogP contribution >= 0.6 is 27.5 Å². The lowest BCUT2D eigenvalue weighted by Crippen LogP contribution is -1.87. The lowest BCUT2D eigenvalue weighted by atomic mass is 10.2. The largest absolute Gasteiger partial charge is 0.299 e. The summed E-state index contributed by atoms with van der Waals surface area (Å²) in [5.74, 6) is 0.907. The van der Waals surface area contributed by atoms with Gasteiger partial charge in [-0.05, 0) is 52.3 Å². The number of halogens is 2. The number of imidazole rings is 1. The number of hydrogen-bond acceptors (Lipinski definition) is 1. The minimum absolute atomic E-state index is 0.730. The number of hydrogen-bond donors (Lipinski definition) is 0. The molecule has 0 bridgehead atoms. The van der Waals surface area contributed by atoms with E-state index in [9.17, 15) is 0 Å². The molecule has 0 atom stereocenters. The Hall–Kier alpha value is -1.32. The average Bonchev–Trinajstić information content (AvgIpc) is 2.69. The van der Waals surface area contributed by atoms with Gasteiger partial charge in [0.2, 0.25) is 0 Å². The Labute approximate surface area is 112 Å². The minimum Gasteiger partial charge on any atom is -0.299 e. The highest BCUT2D eigenvalue weighted by Crippen LogP contribution is 2.26. The summed E-state index contributed by atoms with van der Waals surface area (Å²) >= 11 is 9.36. The molecule has 17 heavy (non-hydrogen) atoms. The van der Waals surface area contributed by atoms with Gasteiger partial charge in [-0.1, -0.05) is 17.7 Å². The summed E-state index contributed by atoms with van der Waals surface area (Å²) in [7, 11) is 0. The van der Waals surface area contributed by atoms with Gasteiger partial charge in [-0.2, -0.15) is 0 Å². The minimum atomic E-state index is 0.730. The Morgan fingerprint density at radius 2 is 1.82 bits per heavy atom. The van der Waals surface area contributed by atoms with E-state index in [-0.39, 0.29) is 0 Å². The normalized spacial score (nSPS) is 10.9. The van der Waals surface area contributed by atoms with Crippen molar-refractivity contribution < 1.29 is 0 Å². The van der Waals surface area contributed by atoms with Crippen LogP contribution in [0, 0.1) is 0 Å². The van der Waals surface area contributed by atoms with Crippen LogP contribution in [0.15, 0.2) is 53.3 Å². The number of fused-ring (bicyclic) bond motifs is 1. The van der Waals surface area contributed by atoms with Crippen LogP contribution in [0.4, 0.5) is 0 Å². The number of benzene rings is 1. The van der Waals surface area contributed by atoms with Gasteiger partial charge in [-0.15, -0.1) is 0 Å². The Morgan fingerprint density at radius 1 is 1.06 bits per heavy atom. The van der Waals surface area contributed by atoms with E-state index in [2.05, 4.69) is 20.9 Å². The summed E-state index contributed by atoms with van der Waals surface area (Å²) in [5.41, 5.74) is 2.10. The molecule has 0 saturated carbocycles. The molecule has 0 N–H and O–H groups in total. The maximum Gasteiger partial charge on any atom is 0.145 e. The van der Waals surface area contributed by atoms with Gasteiger partial charge in [-0.25, -0.2) is 4.98 Å². The summed E-state index contributed by atoms with van der Waals surface area (Å²) < 4.78 is 2.90. The van der Waals surface area contributed by atoms with E-state index in [1.54, 1.807) is 0 Å². The second-order valence-corrected chi connectivity index (χ2v) is 4.88. The molecule has 0 unspecified atom stereocenters. The van der Waals surface area contributed by atoms with Gasteiger partial charge >= 0.3 is 0 Å². The third-order valence-corrected chi connectivity index (χ3v) is 3.44. The first-order chi connectivity index (χ1) is 8.25. The smallest absolute Gasteiger partial charge is 0.145 e. The summed E-state index contributed by atoms with van der Waals surface area (Å²) in [4.78, 5) is 4.53. The molecule has 0 saturated heterocycles. The molecule has 0 aliphatic rings. The fourth-order valence-electron chi connectivity index (χ4n) is 1.80. The molecule has 4 heteroatoms. The lowest BCUT2D eigenvalue weighted by molar-refractivity contribution is 1.16. The van der Waals surface area contributed by atoms with Crippen molar-refractivity contribution in [2.45, 2.75) is 0 Å². The number of pyridine rings is 1. The molecule has 1 aromatic carbocycles. The molecule has 2 nitrogen and oxygen atoms in total. The fraction of sp³-hybridized carbons (Fsp3) is 0. The maximum atomic E-state index is 5.89. The van der Waals surface area contributed by atoms with E-state index >= 15 is 0 Å². The zero-order valence-corrected chi connectivity index (χ0v) is 11.1. The summed E-state index contributed by atoms with van der Waals surface area (Å²) in [5, 5.41) is 0.730. The van der Waals surface area contributed by atoms with Crippen LogP contribution in [0.3, 0.4) is 0 Å². The molecule has 3 rings (SSSR count). The van der Waals surface area contributed by atoms with Crippen molar-refractivity contribution in [3.05, 3.63) is 58.3 Å². The monoisotopic (exact) mass is 306 g/mol. The van der Waals surface area contributed by atoms with Crippen molar-refractivity contribution >= 4 is 33.0 Å². The SMILES string of the molecule is Clc1ccc(-c2nc(Br)c3ccccn23)cc1. The van der Waals surface area contributed by atoms with Gasteiger partial charge in [0.15, 0.2) is 0 Å². The zero-order valence-electron chi connectivity index (χ0n) is 8.77. The average molecular weight is 308 g/mol. The van der Waals surface area contributed by atoms with Crippen molar-refractivity contribution in [3.63, 3.8) is 0 Å². The molecule has 2 heterocycles. The topological polar surface area (TPSA) is 17.3 Å². The molecule has 84 valence electrons. The Morgan fingerprint density at radius 3 is 2.59 bits per heavy atom. The van der Waals surface area contributed by atoms with E-state index in [4.69, 9.17) is 11.6 Å². The van der Waals surface area contributed by atoms with Gasteiger partial charge in [0.05, 0.1) is 5.52 Å².